The summed E-state index contributed by atoms with van der Waals surface area (Å²) < 4.78 is 51.2. The van der Waals surface area contributed by atoms with Gasteiger partial charge in [-0.05, 0) is 48.6 Å². The summed E-state index contributed by atoms with van der Waals surface area (Å²) in [5.41, 5.74) is 0.891. The van der Waals surface area contributed by atoms with Gasteiger partial charge in [-0.1, -0.05) is 44.2 Å². The highest BCUT2D eigenvalue weighted by Crippen LogP contribution is 2.49. The Hall–Kier alpha value is -2.70. The van der Waals surface area contributed by atoms with Gasteiger partial charge >= 0.3 is 6.09 Å². The summed E-state index contributed by atoms with van der Waals surface area (Å²) in [6, 6.07) is 14.8. The molecule has 2 N–H and O–H groups in total. The van der Waals surface area contributed by atoms with E-state index in [9.17, 15) is 18.3 Å². The molecule has 0 radical (unpaired) electrons. The normalized spacial score (nSPS) is 26.6. The molecule has 2 heterocycles. The van der Waals surface area contributed by atoms with E-state index in [2.05, 4.69) is 5.32 Å². The van der Waals surface area contributed by atoms with Gasteiger partial charge in [-0.25, -0.2) is 13.2 Å². The number of nitrogens with zero attached hydrogens (tertiary/aromatic N) is 1. The van der Waals surface area contributed by atoms with Crippen molar-refractivity contribution in [2.75, 3.05) is 33.4 Å². The highest BCUT2D eigenvalue weighted by atomic mass is 32.2. The first-order valence-electron chi connectivity index (χ1n) is 14.2. The molecule has 1 saturated carbocycles. The molecule has 1 aliphatic carbocycles. The molecule has 2 aliphatic heterocycles. The molecule has 224 valence electrons. The van der Waals surface area contributed by atoms with E-state index in [1.54, 1.807) is 12.1 Å². The van der Waals surface area contributed by atoms with Crippen LogP contribution >= 0.6 is 0 Å². The number of carbonyl (C=O) groups excluding carboxylic acids is 1. The van der Waals surface area contributed by atoms with Crippen molar-refractivity contribution >= 4 is 16.1 Å². The first-order chi connectivity index (χ1) is 19.7. The van der Waals surface area contributed by atoms with Crippen LogP contribution in [0.4, 0.5) is 4.79 Å². The number of alkyl carbamates (subject to hydrolysis) is 1. The Balaban J connectivity index is 1.33. The van der Waals surface area contributed by atoms with E-state index < -0.39 is 28.3 Å². The highest BCUT2D eigenvalue weighted by molar-refractivity contribution is 7.89. The SMILES string of the molecule is COc1ccc(S(=O)(=O)N(CC(C)C)CC(O)C(Cc2ccccc2)NC(=O)OC2C3COC4OCC2C4C3)cc1. The third-order valence-corrected chi connectivity index (χ3v) is 10.1. The van der Waals surface area contributed by atoms with Crippen molar-refractivity contribution in [1.82, 2.24) is 9.62 Å². The van der Waals surface area contributed by atoms with Crippen molar-refractivity contribution in [3.05, 3.63) is 60.2 Å². The molecule has 0 spiro atoms. The minimum absolute atomic E-state index is 0.00196. The van der Waals surface area contributed by atoms with Gasteiger partial charge in [0.25, 0.3) is 0 Å². The number of rotatable bonds is 12. The maximum atomic E-state index is 13.7. The maximum Gasteiger partial charge on any atom is 0.407 e. The summed E-state index contributed by atoms with van der Waals surface area (Å²) in [7, 11) is -2.43. The fourth-order valence-electron chi connectivity index (χ4n) is 6.22. The summed E-state index contributed by atoms with van der Waals surface area (Å²) >= 11 is 0. The lowest BCUT2D eigenvalue weighted by atomic mass is 9.98. The van der Waals surface area contributed by atoms with Gasteiger partial charge in [0.1, 0.15) is 11.9 Å². The van der Waals surface area contributed by atoms with E-state index in [0.29, 0.717) is 25.4 Å². The summed E-state index contributed by atoms with van der Waals surface area (Å²) in [4.78, 5) is 13.3. The molecule has 0 aromatic heterocycles. The molecule has 5 rings (SSSR count). The molecule has 2 bridgehead atoms. The molecular weight excluding hydrogens is 548 g/mol. The van der Waals surface area contributed by atoms with Crippen LogP contribution in [0.5, 0.6) is 5.75 Å². The number of fused-ring (bicyclic) bond motifs is 1. The summed E-state index contributed by atoms with van der Waals surface area (Å²) in [6.07, 6.45) is -1.20. The molecule has 7 atom stereocenters. The third kappa shape index (κ3) is 6.70. The lowest BCUT2D eigenvalue weighted by molar-refractivity contribution is -0.169. The van der Waals surface area contributed by atoms with E-state index in [1.807, 2.05) is 44.2 Å². The van der Waals surface area contributed by atoms with Crippen LogP contribution in [0.3, 0.4) is 0 Å². The second-order valence-corrected chi connectivity index (χ2v) is 13.6. The zero-order valence-electron chi connectivity index (χ0n) is 23.7. The largest absolute Gasteiger partial charge is 0.497 e. The van der Waals surface area contributed by atoms with Crippen LogP contribution in [0.25, 0.3) is 0 Å². The summed E-state index contributed by atoms with van der Waals surface area (Å²) in [6.45, 7) is 4.80. The monoisotopic (exact) mass is 588 g/mol. The van der Waals surface area contributed by atoms with Crippen LogP contribution in [0.2, 0.25) is 0 Å². The van der Waals surface area contributed by atoms with Crippen molar-refractivity contribution in [1.29, 1.82) is 0 Å². The number of nitrogens with one attached hydrogen (secondary N) is 1. The lowest BCUT2D eigenvalue weighted by Crippen LogP contribution is -2.52. The number of aliphatic hydroxyl groups excluding tert-OH is 1. The van der Waals surface area contributed by atoms with Crippen LogP contribution < -0.4 is 10.1 Å². The number of benzene rings is 2. The number of carbonyl (C=O) groups is 1. The van der Waals surface area contributed by atoms with Crippen LogP contribution in [-0.4, -0.2) is 81.9 Å². The molecule has 2 aromatic carbocycles. The van der Waals surface area contributed by atoms with Gasteiger partial charge in [0, 0.05) is 30.8 Å². The Bertz CT molecular complexity index is 1270. The molecule has 3 fully saturated rings. The zero-order valence-corrected chi connectivity index (χ0v) is 24.5. The average molecular weight is 589 g/mol. The molecule has 11 heteroatoms. The Morgan fingerprint density at radius 2 is 1.76 bits per heavy atom. The van der Waals surface area contributed by atoms with E-state index in [4.69, 9.17) is 18.9 Å². The zero-order chi connectivity index (χ0) is 29.1. The number of amides is 1. The predicted octanol–water partition coefficient (Wildman–Crippen LogP) is 3.05. The smallest absolute Gasteiger partial charge is 0.407 e. The minimum Gasteiger partial charge on any atom is -0.497 e. The van der Waals surface area contributed by atoms with Gasteiger partial charge in [0.2, 0.25) is 10.0 Å². The number of hydrogen-bond acceptors (Lipinski definition) is 8. The van der Waals surface area contributed by atoms with Crippen LogP contribution in [-0.2, 0) is 30.7 Å². The minimum atomic E-state index is -3.94. The van der Waals surface area contributed by atoms with Gasteiger partial charge in [-0.15, -0.1) is 0 Å². The Labute approximate surface area is 242 Å². The molecule has 7 unspecified atom stereocenters. The van der Waals surface area contributed by atoms with Gasteiger partial charge in [0.05, 0.1) is 37.4 Å². The third-order valence-electron chi connectivity index (χ3n) is 8.25. The molecular formula is C30H40N2O8S. The standard InChI is InChI=1S/C30H40N2O8S/c1-19(2)15-32(41(35,36)23-11-9-22(37-3)10-12-23)16-27(33)26(13-20-7-5-4-6-8-20)31-30(34)40-28-21-14-24-25(28)18-39-29(24)38-17-21/h4-12,19,21,24-29,33H,13-18H2,1-3H3,(H,31,34). The Morgan fingerprint density at radius 1 is 1.05 bits per heavy atom. The quantitative estimate of drug-likeness (QED) is 0.388. The highest BCUT2D eigenvalue weighted by Gasteiger charge is 2.56. The van der Waals surface area contributed by atoms with E-state index in [0.717, 1.165) is 12.0 Å². The number of methoxy groups -OCH3 is 1. The van der Waals surface area contributed by atoms with Gasteiger partial charge in [-0.2, -0.15) is 4.31 Å². The van der Waals surface area contributed by atoms with Gasteiger partial charge in [0.15, 0.2) is 6.29 Å². The number of hydrogen-bond donors (Lipinski definition) is 2. The van der Waals surface area contributed by atoms with Gasteiger partial charge in [-0.3, -0.25) is 0 Å². The second-order valence-electron chi connectivity index (χ2n) is 11.6. The lowest BCUT2D eigenvalue weighted by Gasteiger charge is -2.31. The first kappa shape index (κ1) is 29.8. The van der Waals surface area contributed by atoms with Crippen molar-refractivity contribution in [2.24, 2.45) is 23.7 Å². The number of ether oxygens (including phenoxy) is 4. The molecule has 2 aromatic rings. The molecule has 1 amide bonds. The molecule has 41 heavy (non-hydrogen) atoms. The molecule has 3 aliphatic rings. The summed E-state index contributed by atoms with van der Waals surface area (Å²) in [5.74, 6) is 0.978. The van der Waals surface area contributed by atoms with E-state index in [1.165, 1.54) is 23.5 Å². The van der Waals surface area contributed by atoms with Crippen molar-refractivity contribution in [3.63, 3.8) is 0 Å². The fourth-order valence-corrected chi connectivity index (χ4v) is 7.84. The second kappa shape index (κ2) is 12.7. The number of aliphatic hydroxyl groups is 1. The van der Waals surface area contributed by atoms with Crippen LogP contribution in [0.15, 0.2) is 59.5 Å². The van der Waals surface area contributed by atoms with Gasteiger partial charge < -0.3 is 29.4 Å². The Kier molecular flexibility index (Phi) is 9.20. The number of sulfonamides is 1. The van der Waals surface area contributed by atoms with Crippen LogP contribution in [0.1, 0.15) is 25.8 Å². The van der Waals surface area contributed by atoms with Crippen molar-refractivity contribution in [3.8, 4) is 5.75 Å². The fraction of sp³-hybridized carbons (Fsp3) is 0.567. The predicted molar refractivity (Wildman–Crippen MR) is 151 cm³/mol. The van der Waals surface area contributed by atoms with Crippen LogP contribution in [0, 0.1) is 23.7 Å². The average Bonchev–Trinajstić information content (AvgIpc) is 3.49. The maximum absolute atomic E-state index is 13.7. The Morgan fingerprint density at radius 3 is 2.44 bits per heavy atom. The van der Waals surface area contributed by atoms with E-state index in [-0.39, 0.29) is 54.1 Å². The summed E-state index contributed by atoms with van der Waals surface area (Å²) in [5, 5.41) is 14.3. The van der Waals surface area contributed by atoms with E-state index >= 15 is 0 Å². The van der Waals surface area contributed by atoms with Crippen molar-refractivity contribution in [2.45, 2.75) is 56.1 Å². The van der Waals surface area contributed by atoms with Crippen molar-refractivity contribution < 1.29 is 37.3 Å². The topological polar surface area (TPSA) is 124 Å². The molecule has 10 nitrogen and oxygen atoms in total. The molecule has 2 saturated heterocycles. The first-order valence-corrected chi connectivity index (χ1v) is 15.7.